The molecule has 1 N–H and O–H groups in total. The van der Waals surface area contributed by atoms with Gasteiger partial charge in [-0.1, -0.05) is 6.92 Å². The summed E-state index contributed by atoms with van der Waals surface area (Å²) in [5.74, 6) is 1.13. The van der Waals surface area contributed by atoms with Crippen LogP contribution in [-0.4, -0.2) is 35.6 Å². The number of amides is 2. The largest absolute Gasteiger partial charge is 0.454 e. The van der Waals surface area contributed by atoms with Gasteiger partial charge >= 0.3 is 0 Å². The summed E-state index contributed by atoms with van der Waals surface area (Å²) < 4.78 is 10.5. The van der Waals surface area contributed by atoms with Crippen LogP contribution in [0.4, 0.5) is 5.69 Å². The number of nitrogens with zero attached hydrogens (tertiary/aromatic N) is 1. The van der Waals surface area contributed by atoms with Gasteiger partial charge in [-0.05, 0) is 25.5 Å². The highest BCUT2D eigenvalue weighted by Crippen LogP contribution is 2.35. The molecule has 0 spiro atoms. The molecule has 0 saturated carbocycles. The number of fused-ring (bicyclic) bond motifs is 1. The van der Waals surface area contributed by atoms with Crippen LogP contribution in [0.25, 0.3) is 0 Å². The molecule has 0 aliphatic carbocycles. The first-order chi connectivity index (χ1) is 10.0. The molecular formula is C15H18N2O4. The van der Waals surface area contributed by atoms with Crippen molar-refractivity contribution in [3.63, 3.8) is 0 Å². The summed E-state index contributed by atoms with van der Waals surface area (Å²) in [7, 11) is 0. The van der Waals surface area contributed by atoms with Crippen molar-refractivity contribution >= 4 is 17.5 Å². The quantitative estimate of drug-likeness (QED) is 0.858. The Morgan fingerprint density at radius 3 is 2.76 bits per heavy atom. The van der Waals surface area contributed by atoms with Crippen molar-refractivity contribution in [2.75, 3.05) is 18.7 Å². The molecule has 2 heterocycles. The average Bonchev–Trinajstić information content (AvgIpc) is 2.92. The Balaban J connectivity index is 1.77. The Morgan fingerprint density at radius 1 is 1.38 bits per heavy atom. The number of anilines is 1. The van der Waals surface area contributed by atoms with Crippen molar-refractivity contribution in [2.45, 2.75) is 32.2 Å². The fourth-order valence-electron chi connectivity index (χ4n) is 2.55. The monoisotopic (exact) mass is 290 g/mol. The average molecular weight is 290 g/mol. The van der Waals surface area contributed by atoms with Crippen LogP contribution in [0.1, 0.15) is 26.7 Å². The Kier molecular flexibility index (Phi) is 3.23. The summed E-state index contributed by atoms with van der Waals surface area (Å²) in [6.07, 6.45) is 1.09. The molecule has 1 aromatic rings. The van der Waals surface area contributed by atoms with Crippen LogP contribution in [0.3, 0.4) is 0 Å². The summed E-state index contributed by atoms with van der Waals surface area (Å²) in [5.41, 5.74) is -0.178. The minimum absolute atomic E-state index is 0.0280. The fraction of sp³-hybridized carbons (Fsp3) is 0.467. The van der Waals surface area contributed by atoms with E-state index in [0.717, 1.165) is 0 Å². The maximum absolute atomic E-state index is 12.6. The molecule has 1 fully saturated rings. The number of carbonyl (C=O) groups is 2. The number of ether oxygens (including phenoxy) is 2. The molecule has 0 bridgehead atoms. The smallest absolute Gasteiger partial charge is 0.250 e. The molecule has 3 rings (SSSR count). The number of benzene rings is 1. The van der Waals surface area contributed by atoms with Gasteiger partial charge in [-0.15, -0.1) is 0 Å². The van der Waals surface area contributed by atoms with Gasteiger partial charge in [0.1, 0.15) is 5.54 Å². The maximum atomic E-state index is 12.6. The molecule has 1 aromatic carbocycles. The Morgan fingerprint density at radius 2 is 2.14 bits per heavy atom. The van der Waals surface area contributed by atoms with Gasteiger partial charge < -0.3 is 19.7 Å². The highest BCUT2D eigenvalue weighted by Gasteiger charge is 2.44. The van der Waals surface area contributed by atoms with Crippen molar-refractivity contribution < 1.29 is 19.1 Å². The minimum Gasteiger partial charge on any atom is -0.454 e. The standard InChI is InChI=1S/C15H18N2O4/c1-3-15(2,17-7-6-13(17)18)14(19)16-10-4-5-11-12(8-10)21-9-20-11/h4-5,8H,3,6-7,9H2,1-2H3,(H,16,19). The highest BCUT2D eigenvalue weighted by molar-refractivity contribution is 6.01. The number of rotatable bonds is 4. The number of likely N-dealkylation sites (tertiary alicyclic amines) is 1. The second kappa shape index (κ2) is 4.95. The van der Waals surface area contributed by atoms with Gasteiger partial charge in [-0.25, -0.2) is 0 Å². The number of β-lactam (4-membered cyclic amide) rings is 1. The van der Waals surface area contributed by atoms with E-state index in [4.69, 9.17) is 9.47 Å². The van der Waals surface area contributed by atoms with Gasteiger partial charge in [0.05, 0.1) is 0 Å². The van der Waals surface area contributed by atoms with Gasteiger partial charge in [-0.3, -0.25) is 9.59 Å². The van der Waals surface area contributed by atoms with Crippen LogP contribution >= 0.6 is 0 Å². The molecule has 1 unspecified atom stereocenters. The first-order valence-electron chi connectivity index (χ1n) is 7.06. The summed E-state index contributed by atoms with van der Waals surface area (Å²) in [6.45, 7) is 4.54. The molecule has 0 radical (unpaired) electrons. The fourth-order valence-corrected chi connectivity index (χ4v) is 2.55. The lowest BCUT2D eigenvalue weighted by molar-refractivity contribution is -0.154. The zero-order valence-corrected chi connectivity index (χ0v) is 12.1. The molecular weight excluding hydrogens is 272 g/mol. The molecule has 21 heavy (non-hydrogen) atoms. The topological polar surface area (TPSA) is 67.9 Å². The minimum atomic E-state index is -0.814. The number of nitrogens with one attached hydrogen (secondary N) is 1. The molecule has 2 aliphatic rings. The van der Waals surface area contributed by atoms with E-state index >= 15 is 0 Å². The summed E-state index contributed by atoms with van der Waals surface area (Å²) in [4.78, 5) is 25.9. The molecule has 2 aliphatic heterocycles. The van der Waals surface area contributed by atoms with E-state index < -0.39 is 5.54 Å². The molecule has 1 atom stereocenters. The van der Waals surface area contributed by atoms with E-state index in [1.54, 1.807) is 30.0 Å². The lowest BCUT2D eigenvalue weighted by atomic mass is 9.91. The number of hydrogen-bond acceptors (Lipinski definition) is 4. The Labute approximate surface area is 123 Å². The van der Waals surface area contributed by atoms with Crippen molar-refractivity contribution in [3.05, 3.63) is 18.2 Å². The van der Waals surface area contributed by atoms with Crippen LogP contribution < -0.4 is 14.8 Å². The van der Waals surface area contributed by atoms with E-state index in [2.05, 4.69) is 5.32 Å². The van der Waals surface area contributed by atoms with Crippen LogP contribution in [0.2, 0.25) is 0 Å². The molecule has 6 heteroatoms. The van der Waals surface area contributed by atoms with Gasteiger partial charge in [0.25, 0.3) is 0 Å². The molecule has 6 nitrogen and oxygen atoms in total. The summed E-state index contributed by atoms with van der Waals surface area (Å²) in [5, 5.41) is 2.86. The Hall–Kier alpha value is -2.24. The third-order valence-electron chi connectivity index (χ3n) is 4.25. The first kappa shape index (κ1) is 13.7. The third-order valence-corrected chi connectivity index (χ3v) is 4.25. The van der Waals surface area contributed by atoms with E-state index in [-0.39, 0.29) is 18.6 Å². The second-order valence-electron chi connectivity index (χ2n) is 5.44. The summed E-state index contributed by atoms with van der Waals surface area (Å²) >= 11 is 0. The van der Waals surface area contributed by atoms with Crippen molar-refractivity contribution in [3.8, 4) is 11.5 Å². The zero-order chi connectivity index (χ0) is 15.0. The van der Waals surface area contributed by atoms with Crippen LogP contribution in [0.15, 0.2) is 18.2 Å². The number of hydrogen-bond donors (Lipinski definition) is 1. The van der Waals surface area contributed by atoms with Crippen LogP contribution in [0, 0.1) is 0 Å². The number of carbonyl (C=O) groups excluding carboxylic acids is 2. The Bertz CT molecular complexity index is 601. The highest BCUT2D eigenvalue weighted by atomic mass is 16.7. The van der Waals surface area contributed by atoms with Crippen molar-refractivity contribution in [1.82, 2.24) is 4.90 Å². The molecule has 112 valence electrons. The summed E-state index contributed by atoms with van der Waals surface area (Å²) in [6, 6.07) is 5.25. The zero-order valence-electron chi connectivity index (χ0n) is 12.1. The van der Waals surface area contributed by atoms with Gasteiger partial charge in [-0.2, -0.15) is 0 Å². The lowest BCUT2D eigenvalue weighted by Crippen LogP contribution is -2.62. The van der Waals surface area contributed by atoms with Gasteiger partial charge in [0, 0.05) is 24.7 Å². The maximum Gasteiger partial charge on any atom is 0.250 e. The van der Waals surface area contributed by atoms with Crippen molar-refractivity contribution in [1.29, 1.82) is 0 Å². The third kappa shape index (κ3) is 2.20. The van der Waals surface area contributed by atoms with Crippen LogP contribution in [0.5, 0.6) is 11.5 Å². The molecule has 2 amide bonds. The molecule has 1 saturated heterocycles. The van der Waals surface area contributed by atoms with E-state index in [1.165, 1.54) is 0 Å². The normalized spacial score (nSPS) is 19.0. The van der Waals surface area contributed by atoms with Crippen LogP contribution in [-0.2, 0) is 9.59 Å². The van der Waals surface area contributed by atoms with Gasteiger partial charge in [0.15, 0.2) is 11.5 Å². The predicted molar refractivity (Wildman–Crippen MR) is 76.2 cm³/mol. The van der Waals surface area contributed by atoms with E-state index in [0.29, 0.717) is 36.6 Å². The molecule has 0 aromatic heterocycles. The SMILES string of the molecule is CCC(C)(C(=O)Nc1ccc2c(c1)OCO2)N1CCC1=O. The second-order valence-corrected chi connectivity index (χ2v) is 5.44. The first-order valence-corrected chi connectivity index (χ1v) is 7.06. The van der Waals surface area contributed by atoms with Gasteiger partial charge in [0.2, 0.25) is 18.6 Å². The predicted octanol–water partition coefficient (Wildman–Crippen LogP) is 1.75. The van der Waals surface area contributed by atoms with Crippen molar-refractivity contribution in [2.24, 2.45) is 0 Å². The van der Waals surface area contributed by atoms with E-state index in [9.17, 15) is 9.59 Å². The lowest BCUT2D eigenvalue weighted by Gasteiger charge is -2.44. The van der Waals surface area contributed by atoms with E-state index in [1.807, 2.05) is 6.92 Å².